The molecule has 2 rings (SSSR count). The van der Waals surface area contributed by atoms with Crippen molar-refractivity contribution in [3.63, 3.8) is 0 Å². The van der Waals surface area contributed by atoms with E-state index in [0.29, 0.717) is 5.02 Å². The molecule has 0 aromatic heterocycles. The number of hydrogen-bond donors (Lipinski definition) is 1. The lowest BCUT2D eigenvalue weighted by molar-refractivity contribution is 1.15. The van der Waals surface area contributed by atoms with Gasteiger partial charge in [-0.05, 0) is 30.2 Å². The molecule has 0 bridgehead atoms. The highest BCUT2D eigenvalue weighted by Gasteiger charge is 2.01. The van der Waals surface area contributed by atoms with Crippen LogP contribution in [0.25, 0.3) is 0 Å². The fourth-order valence-corrected chi connectivity index (χ4v) is 2.70. The van der Waals surface area contributed by atoms with E-state index in [1.165, 1.54) is 5.56 Å². The van der Waals surface area contributed by atoms with Crippen molar-refractivity contribution in [1.82, 2.24) is 0 Å². The van der Waals surface area contributed by atoms with Crippen LogP contribution in [0, 0.1) is 0 Å². The Morgan fingerprint density at radius 1 is 1.06 bits per heavy atom. The van der Waals surface area contributed by atoms with Crippen LogP contribution in [-0.4, -0.2) is 5.75 Å². The summed E-state index contributed by atoms with van der Waals surface area (Å²) < 4.78 is 0. The first kappa shape index (κ1) is 12.3. The van der Waals surface area contributed by atoms with E-state index < -0.39 is 0 Å². The van der Waals surface area contributed by atoms with Gasteiger partial charge in [0.25, 0.3) is 0 Å². The lowest BCUT2D eigenvalue weighted by Gasteiger charge is -2.05. The summed E-state index contributed by atoms with van der Waals surface area (Å²) in [4.78, 5) is 1.10. The van der Waals surface area contributed by atoms with E-state index in [2.05, 4.69) is 24.3 Å². The van der Waals surface area contributed by atoms with Crippen LogP contribution in [0.3, 0.4) is 0 Å². The molecular formula is C14H14ClNS. The van der Waals surface area contributed by atoms with Crippen LogP contribution in [0.5, 0.6) is 0 Å². The Kier molecular flexibility index (Phi) is 4.35. The molecule has 0 aliphatic rings. The normalized spacial score (nSPS) is 10.4. The maximum Gasteiger partial charge on any atom is 0.0467 e. The Morgan fingerprint density at radius 3 is 2.53 bits per heavy atom. The fraction of sp³-hybridized carbons (Fsp3) is 0.143. The second kappa shape index (κ2) is 5.99. The Bertz CT molecular complexity index is 485. The van der Waals surface area contributed by atoms with Crippen molar-refractivity contribution >= 4 is 29.1 Å². The van der Waals surface area contributed by atoms with E-state index >= 15 is 0 Å². The van der Waals surface area contributed by atoms with Crippen LogP contribution in [0.2, 0.25) is 5.02 Å². The summed E-state index contributed by atoms with van der Waals surface area (Å²) in [6.07, 6.45) is 1.05. The van der Waals surface area contributed by atoms with E-state index in [-0.39, 0.29) is 0 Å². The average Bonchev–Trinajstić information content (AvgIpc) is 2.33. The van der Waals surface area contributed by atoms with Crippen molar-refractivity contribution in [2.45, 2.75) is 11.3 Å². The smallest absolute Gasteiger partial charge is 0.0467 e. The third-order valence-corrected chi connectivity index (χ3v) is 3.79. The first-order valence-corrected chi connectivity index (χ1v) is 6.84. The molecule has 2 aromatic rings. The topological polar surface area (TPSA) is 26.0 Å². The van der Waals surface area contributed by atoms with Gasteiger partial charge in [0.05, 0.1) is 0 Å². The Morgan fingerprint density at radius 2 is 1.82 bits per heavy atom. The first-order chi connectivity index (χ1) is 8.25. The number of rotatable bonds is 4. The minimum Gasteiger partial charge on any atom is -0.398 e. The fourth-order valence-electron chi connectivity index (χ4n) is 1.57. The second-order valence-corrected chi connectivity index (χ2v) is 5.34. The molecule has 0 saturated heterocycles. The third-order valence-electron chi connectivity index (χ3n) is 2.46. The van der Waals surface area contributed by atoms with Crippen molar-refractivity contribution < 1.29 is 0 Å². The van der Waals surface area contributed by atoms with Gasteiger partial charge in [0, 0.05) is 21.4 Å². The third kappa shape index (κ3) is 3.69. The molecule has 0 aliphatic carbocycles. The van der Waals surface area contributed by atoms with Crippen molar-refractivity contribution in [2.24, 2.45) is 0 Å². The average molecular weight is 264 g/mol. The number of thioether (sulfide) groups is 1. The lowest BCUT2D eigenvalue weighted by atomic mass is 10.2. The molecule has 0 amide bonds. The van der Waals surface area contributed by atoms with Crippen molar-refractivity contribution in [3.8, 4) is 0 Å². The molecule has 0 atom stereocenters. The molecule has 0 spiro atoms. The molecule has 0 fully saturated rings. The zero-order valence-corrected chi connectivity index (χ0v) is 11.0. The molecule has 3 heteroatoms. The molecule has 17 heavy (non-hydrogen) atoms. The predicted octanol–water partition coefficient (Wildman–Crippen LogP) is 4.26. The summed E-state index contributed by atoms with van der Waals surface area (Å²) in [5, 5.41) is 0.690. The summed E-state index contributed by atoms with van der Waals surface area (Å²) >= 11 is 7.62. The zero-order chi connectivity index (χ0) is 12.1. The Labute approximate surface area is 111 Å². The van der Waals surface area contributed by atoms with Crippen LogP contribution in [0.1, 0.15) is 5.56 Å². The van der Waals surface area contributed by atoms with E-state index in [1.54, 1.807) is 17.8 Å². The molecule has 0 unspecified atom stereocenters. The minimum absolute atomic E-state index is 0.690. The molecule has 0 saturated carbocycles. The Balaban J connectivity index is 1.90. The highest BCUT2D eigenvalue weighted by Crippen LogP contribution is 2.28. The molecule has 1 nitrogen and oxygen atoms in total. The van der Waals surface area contributed by atoms with Crippen molar-refractivity contribution in [1.29, 1.82) is 0 Å². The first-order valence-electron chi connectivity index (χ1n) is 5.47. The highest BCUT2D eigenvalue weighted by molar-refractivity contribution is 7.99. The van der Waals surface area contributed by atoms with Gasteiger partial charge >= 0.3 is 0 Å². The van der Waals surface area contributed by atoms with E-state index in [1.807, 2.05) is 18.2 Å². The molecule has 2 N–H and O–H groups in total. The summed E-state index contributed by atoms with van der Waals surface area (Å²) in [7, 11) is 0. The van der Waals surface area contributed by atoms with Gasteiger partial charge in [0.15, 0.2) is 0 Å². The van der Waals surface area contributed by atoms with E-state index in [0.717, 1.165) is 22.8 Å². The molecular weight excluding hydrogens is 250 g/mol. The largest absolute Gasteiger partial charge is 0.398 e. The number of anilines is 1. The van der Waals surface area contributed by atoms with E-state index in [9.17, 15) is 0 Å². The Hall–Kier alpha value is -1.12. The summed E-state index contributed by atoms with van der Waals surface area (Å²) in [6.45, 7) is 0. The van der Waals surface area contributed by atoms with Crippen LogP contribution in [0.4, 0.5) is 5.69 Å². The number of hydrogen-bond acceptors (Lipinski definition) is 2. The van der Waals surface area contributed by atoms with Gasteiger partial charge in [-0.1, -0.05) is 41.9 Å². The number of nitrogens with two attached hydrogens (primary N) is 1. The molecule has 0 heterocycles. The van der Waals surface area contributed by atoms with Gasteiger partial charge in [0.1, 0.15) is 0 Å². The standard InChI is InChI=1S/C14H14ClNS/c15-12-6-7-14(13(16)10-12)17-9-8-11-4-2-1-3-5-11/h1-7,10H,8-9,16H2. The predicted molar refractivity (Wildman–Crippen MR) is 76.7 cm³/mol. The second-order valence-electron chi connectivity index (χ2n) is 3.77. The minimum atomic E-state index is 0.690. The molecule has 2 aromatic carbocycles. The molecule has 88 valence electrons. The summed E-state index contributed by atoms with van der Waals surface area (Å²) in [5.41, 5.74) is 8.01. The maximum atomic E-state index is 5.90. The molecule has 0 radical (unpaired) electrons. The molecule has 0 aliphatic heterocycles. The van der Waals surface area contributed by atoms with Crippen molar-refractivity contribution in [3.05, 3.63) is 59.1 Å². The van der Waals surface area contributed by atoms with Crippen LogP contribution >= 0.6 is 23.4 Å². The van der Waals surface area contributed by atoms with Gasteiger partial charge in [-0.25, -0.2) is 0 Å². The van der Waals surface area contributed by atoms with Crippen molar-refractivity contribution in [2.75, 3.05) is 11.5 Å². The lowest BCUT2D eigenvalue weighted by Crippen LogP contribution is -1.91. The van der Waals surface area contributed by atoms with E-state index in [4.69, 9.17) is 17.3 Å². The van der Waals surface area contributed by atoms with Gasteiger partial charge in [0.2, 0.25) is 0 Å². The summed E-state index contributed by atoms with van der Waals surface area (Å²) in [6, 6.07) is 16.1. The van der Waals surface area contributed by atoms with Crippen LogP contribution < -0.4 is 5.73 Å². The van der Waals surface area contributed by atoms with Gasteiger partial charge in [-0.3, -0.25) is 0 Å². The number of benzene rings is 2. The van der Waals surface area contributed by atoms with Gasteiger partial charge < -0.3 is 5.73 Å². The number of halogens is 1. The van der Waals surface area contributed by atoms with Gasteiger partial charge in [-0.15, -0.1) is 11.8 Å². The zero-order valence-electron chi connectivity index (χ0n) is 9.40. The quantitative estimate of drug-likeness (QED) is 0.659. The highest BCUT2D eigenvalue weighted by atomic mass is 35.5. The SMILES string of the molecule is Nc1cc(Cl)ccc1SCCc1ccccc1. The van der Waals surface area contributed by atoms with Gasteiger partial charge in [-0.2, -0.15) is 0 Å². The number of aryl methyl sites for hydroxylation is 1. The maximum absolute atomic E-state index is 5.90. The van der Waals surface area contributed by atoms with Crippen LogP contribution in [-0.2, 0) is 6.42 Å². The monoisotopic (exact) mass is 263 g/mol. The van der Waals surface area contributed by atoms with Crippen LogP contribution in [0.15, 0.2) is 53.4 Å². The summed E-state index contributed by atoms with van der Waals surface area (Å²) in [5.74, 6) is 1.02. The number of nitrogen functional groups attached to an aromatic ring is 1.